The number of ether oxygens (including phenoxy) is 1. The van der Waals surface area contributed by atoms with Crippen molar-refractivity contribution in [3.8, 4) is 5.75 Å². The van der Waals surface area contributed by atoms with Gasteiger partial charge in [-0.2, -0.15) is 0 Å². The Bertz CT molecular complexity index is 713. The average Bonchev–Trinajstić information content (AvgIpc) is 2.58. The Morgan fingerprint density at radius 3 is 2.60 bits per heavy atom. The maximum Gasteiger partial charge on any atom is 0.314 e. The first kappa shape index (κ1) is 20.1. The van der Waals surface area contributed by atoms with E-state index in [4.69, 9.17) is 16.3 Å². The molecule has 0 bridgehead atoms. The molecule has 2 aromatic carbocycles. The summed E-state index contributed by atoms with van der Waals surface area (Å²) in [6, 6.07) is 13.3. The largest absolute Gasteiger partial charge is 0.492 e. The Labute approximate surface area is 169 Å². The molecule has 0 unspecified atom stereocenters. The van der Waals surface area contributed by atoms with E-state index in [0.717, 1.165) is 15.4 Å². The maximum absolute atomic E-state index is 11.7. The van der Waals surface area contributed by atoms with Crippen molar-refractivity contribution < 1.29 is 9.53 Å². The Morgan fingerprint density at radius 2 is 1.84 bits per heavy atom. The van der Waals surface area contributed by atoms with E-state index in [1.807, 2.05) is 36.4 Å². The van der Waals surface area contributed by atoms with Crippen molar-refractivity contribution in [1.82, 2.24) is 10.6 Å². The maximum atomic E-state index is 11.7. The molecule has 0 aliphatic rings. The number of carbonyl (C=O) groups is 1. The van der Waals surface area contributed by atoms with Crippen molar-refractivity contribution >= 4 is 49.5 Å². The zero-order valence-corrected chi connectivity index (χ0v) is 17.5. The van der Waals surface area contributed by atoms with Gasteiger partial charge in [-0.1, -0.05) is 61.7 Å². The van der Waals surface area contributed by atoms with Crippen molar-refractivity contribution in [2.45, 2.75) is 12.8 Å². The summed E-state index contributed by atoms with van der Waals surface area (Å²) in [5.41, 5.74) is 1.17. The number of hydrogen-bond acceptors (Lipinski definition) is 2. The first-order chi connectivity index (χ1) is 12.1. The SMILES string of the molecule is O=C(NCCCOc1ccc(Br)cc1Cl)NCCc1ccccc1Br. The van der Waals surface area contributed by atoms with Crippen LogP contribution in [0.2, 0.25) is 5.02 Å². The van der Waals surface area contributed by atoms with Crippen LogP contribution in [0.15, 0.2) is 51.4 Å². The van der Waals surface area contributed by atoms with Crippen LogP contribution in [-0.4, -0.2) is 25.7 Å². The summed E-state index contributed by atoms with van der Waals surface area (Å²) in [7, 11) is 0. The van der Waals surface area contributed by atoms with Crippen molar-refractivity contribution in [1.29, 1.82) is 0 Å². The number of hydrogen-bond donors (Lipinski definition) is 2. The molecule has 0 heterocycles. The minimum atomic E-state index is -0.172. The second-order valence-electron chi connectivity index (χ2n) is 5.30. The van der Waals surface area contributed by atoms with Gasteiger partial charge in [0.05, 0.1) is 11.6 Å². The molecule has 0 radical (unpaired) electrons. The van der Waals surface area contributed by atoms with E-state index in [1.165, 1.54) is 5.56 Å². The van der Waals surface area contributed by atoms with Gasteiger partial charge in [-0.3, -0.25) is 0 Å². The summed E-state index contributed by atoms with van der Waals surface area (Å²) >= 11 is 12.9. The van der Waals surface area contributed by atoms with Crippen molar-refractivity contribution in [3.05, 3.63) is 62.0 Å². The van der Waals surface area contributed by atoms with Crippen LogP contribution in [0.3, 0.4) is 0 Å². The van der Waals surface area contributed by atoms with Crippen LogP contribution in [0.5, 0.6) is 5.75 Å². The summed E-state index contributed by atoms with van der Waals surface area (Å²) < 4.78 is 7.56. The molecule has 0 atom stereocenters. The van der Waals surface area contributed by atoms with E-state index in [1.54, 1.807) is 6.07 Å². The van der Waals surface area contributed by atoms with Crippen LogP contribution in [0.25, 0.3) is 0 Å². The lowest BCUT2D eigenvalue weighted by molar-refractivity contribution is 0.239. The van der Waals surface area contributed by atoms with Gasteiger partial charge in [0.15, 0.2) is 0 Å². The minimum Gasteiger partial charge on any atom is -0.492 e. The van der Waals surface area contributed by atoms with Crippen LogP contribution in [-0.2, 0) is 6.42 Å². The monoisotopic (exact) mass is 488 g/mol. The van der Waals surface area contributed by atoms with E-state index in [0.29, 0.717) is 36.9 Å². The van der Waals surface area contributed by atoms with Crippen LogP contribution in [0, 0.1) is 0 Å². The fraction of sp³-hybridized carbons (Fsp3) is 0.278. The smallest absolute Gasteiger partial charge is 0.314 e. The highest BCUT2D eigenvalue weighted by molar-refractivity contribution is 9.10. The third-order valence-electron chi connectivity index (χ3n) is 3.40. The summed E-state index contributed by atoms with van der Waals surface area (Å²) in [5, 5.41) is 6.22. The number of nitrogens with one attached hydrogen (secondary N) is 2. The van der Waals surface area contributed by atoms with Gasteiger partial charge in [-0.15, -0.1) is 0 Å². The lowest BCUT2D eigenvalue weighted by Crippen LogP contribution is -2.37. The van der Waals surface area contributed by atoms with Crippen LogP contribution in [0.4, 0.5) is 4.79 Å². The molecule has 0 aliphatic carbocycles. The topological polar surface area (TPSA) is 50.4 Å². The molecular weight excluding hydrogens is 471 g/mol. The fourth-order valence-electron chi connectivity index (χ4n) is 2.12. The van der Waals surface area contributed by atoms with Crippen LogP contribution in [0.1, 0.15) is 12.0 Å². The molecule has 2 N–H and O–H groups in total. The fourth-order valence-corrected chi connectivity index (χ4v) is 3.33. The number of carbonyl (C=O) groups excluding carboxylic acids is 1. The van der Waals surface area contributed by atoms with Gasteiger partial charge in [0, 0.05) is 22.0 Å². The summed E-state index contributed by atoms with van der Waals surface area (Å²) in [4.78, 5) is 11.7. The minimum absolute atomic E-state index is 0.172. The van der Waals surface area contributed by atoms with Crippen molar-refractivity contribution in [2.75, 3.05) is 19.7 Å². The van der Waals surface area contributed by atoms with Gasteiger partial charge in [0.1, 0.15) is 5.75 Å². The Kier molecular flexibility index (Phi) is 8.58. The van der Waals surface area contributed by atoms with Crippen LogP contribution >= 0.6 is 43.5 Å². The van der Waals surface area contributed by atoms with Gasteiger partial charge >= 0.3 is 6.03 Å². The van der Waals surface area contributed by atoms with E-state index >= 15 is 0 Å². The molecule has 0 saturated carbocycles. The Hall–Kier alpha value is -1.24. The molecule has 0 aromatic heterocycles. The van der Waals surface area contributed by atoms with E-state index in [2.05, 4.69) is 42.5 Å². The number of amides is 2. The summed E-state index contributed by atoms with van der Waals surface area (Å²) in [6.45, 7) is 1.60. The highest BCUT2D eigenvalue weighted by Crippen LogP contribution is 2.27. The van der Waals surface area contributed by atoms with Crippen LogP contribution < -0.4 is 15.4 Å². The highest BCUT2D eigenvalue weighted by Gasteiger charge is 2.03. The molecule has 2 rings (SSSR count). The number of rotatable bonds is 8. The van der Waals surface area contributed by atoms with Crippen molar-refractivity contribution in [2.24, 2.45) is 0 Å². The van der Waals surface area contributed by atoms with E-state index in [9.17, 15) is 4.79 Å². The number of halogens is 3. The van der Waals surface area contributed by atoms with Gasteiger partial charge in [-0.25, -0.2) is 4.79 Å². The lowest BCUT2D eigenvalue weighted by Gasteiger charge is -2.10. The zero-order valence-electron chi connectivity index (χ0n) is 13.5. The predicted molar refractivity (Wildman–Crippen MR) is 109 cm³/mol. The van der Waals surface area contributed by atoms with Gasteiger partial charge in [-0.05, 0) is 42.7 Å². The molecule has 0 aliphatic heterocycles. The molecule has 0 fully saturated rings. The van der Waals surface area contributed by atoms with Gasteiger partial charge in [0.2, 0.25) is 0 Å². The highest BCUT2D eigenvalue weighted by atomic mass is 79.9. The second-order valence-corrected chi connectivity index (χ2v) is 7.48. The molecule has 25 heavy (non-hydrogen) atoms. The van der Waals surface area contributed by atoms with E-state index in [-0.39, 0.29) is 6.03 Å². The second kappa shape index (κ2) is 10.7. The zero-order chi connectivity index (χ0) is 18.1. The standard InChI is InChI=1S/C18H19Br2ClN2O2/c19-14-6-7-17(16(21)12-14)25-11-3-9-22-18(24)23-10-8-13-4-1-2-5-15(13)20/h1-2,4-7,12H,3,8-11H2,(H2,22,23,24). The molecule has 0 saturated heterocycles. The van der Waals surface area contributed by atoms with Gasteiger partial charge < -0.3 is 15.4 Å². The Morgan fingerprint density at radius 1 is 1.08 bits per heavy atom. The number of urea groups is 1. The molecule has 7 heteroatoms. The molecular formula is C18H19Br2ClN2O2. The third kappa shape index (κ3) is 7.26. The molecule has 2 amide bonds. The van der Waals surface area contributed by atoms with Crippen molar-refractivity contribution in [3.63, 3.8) is 0 Å². The molecule has 4 nitrogen and oxygen atoms in total. The van der Waals surface area contributed by atoms with Gasteiger partial charge in [0.25, 0.3) is 0 Å². The lowest BCUT2D eigenvalue weighted by atomic mass is 10.1. The summed E-state index contributed by atoms with van der Waals surface area (Å²) in [5.74, 6) is 0.641. The quantitative estimate of drug-likeness (QED) is 0.502. The molecule has 134 valence electrons. The predicted octanol–water partition coefficient (Wildman–Crippen LogP) is 5.18. The third-order valence-corrected chi connectivity index (χ3v) is 4.96. The van der Waals surface area contributed by atoms with E-state index < -0.39 is 0 Å². The molecule has 2 aromatic rings. The number of benzene rings is 2. The molecule has 0 spiro atoms. The normalized spacial score (nSPS) is 10.4. The Balaban J connectivity index is 1.57. The first-order valence-corrected chi connectivity index (χ1v) is 9.85. The summed E-state index contributed by atoms with van der Waals surface area (Å²) in [6.07, 6.45) is 1.48. The first-order valence-electron chi connectivity index (χ1n) is 7.89. The average molecular weight is 491 g/mol.